The number of halogens is 2. The van der Waals surface area contributed by atoms with E-state index in [-0.39, 0.29) is 0 Å². The zero-order valence-corrected chi connectivity index (χ0v) is 13.6. The molecule has 0 bridgehead atoms. The SMILES string of the molecule is CCNC(Cc1c(Cl)cccc1Cl)C1=CCCCCC1. The topological polar surface area (TPSA) is 12.0 Å². The molecular weight excluding hydrogens is 289 g/mol. The van der Waals surface area contributed by atoms with E-state index in [1.807, 2.05) is 18.2 Å². The second kappa shape index (κ2) is 8.07. The van der Waals surface area contributed by atoms with E-state index in [1.165, 1.54) is 37.7 Å². The van der Waals surface area contributed by atoms with Gasteiger partial charge >= 0.3 is 0 Å². The van der Waals surface area contributed by atoms with Gasteiger partial charge in [-0.25, -0.2) is 0 Å². The highest BCUT2D eigenvalue weighted by atomic mass is 35.5. The van der Waals surface area contributed by atoms with Crippen LogP contribution in [0.5, 0.6) is 0 Å². The molecule has 1 aliphatic rings. The van der Waals surface area contributed by atoms with E-state index in [9.17, 15) is 0 Å². The lowest BCUT2D eigenvalue weighted by atomic mass is 9.95. The number of allylic oxidation sites excluding steroid dienone is 1. The van der Waals surface area contributed by atoms with E-state index in [0.717, 1.165) is 28.6 Å². The monoisotopic (exact) mass is 311 g/mol. The Kier molecular flexibility index (Phi) is 6.41. The summed E-state index contributed by atoms with van der Waals surface area (Å²) in [5.41, 5.74) is 2.59. The van der Waals surface area contributed by atoms with Gasteiger partial charge in [0, 0.05) is 16.1 Å². The largest absolute Gasteiger partial charge is 0.310 e. The van der Waals surface area contributed by atoms with Gasteiger partial charge in [-0.2, -0.15) is 0 Å². The smallest absolute Gasteiger partial charge is 0.0453 e. The Labute approximate surface area is 132 Å². The van der Waals surface area contributed by atoms with Crippen molar-refractivity contribution in [3.8, 4) is 0 Å². The molecule has 1 unspecified atom stereocenters. The van der Waals surface area contributed by atoms with E-state index in [2.05, 4.69) is 18.3 Å². The minimum atomic E-state index is 0.357. The lowest BCUT2D eigenvalue weighted by Crippen LogP contribution is -2.33. The van der Waals surface area contributed by atoms with Crippen molar-refractivity contribution in [3.63, 3.8) is 0 Å². The predicted molar refractivity (Wildman–Crippen MR) is 88.8 cm³/mol. The molecular formula is C17H23Cl2N. The van der Waals surface area contributed by atoms with Crippen molar-refractivity contribution in [2.24, 2.45) is 0 Å². The zero-order valence-electron chi connectivity index (χ0n) is 12.1. The molecule has 20 heavy (non-hydrogen) atoms. The third kappa shape index (κ3) is 4.25. The van der Waals surface area contributed by atoms with Gasteiger partial charge in [0.05, 0.1) is 0 Å². The Morgan fingerprint density at radius 3 is 2.60 bits per heavy atom. The summed E-state index contributed by atoms with van der Waals surface area (Å²) in [5, 5.41) is 5.14. The van der Waals surface area contributed by atoms with Crippen LogP contribution < -0.4 is 5.32 Å². The summed E-state index contributed by atoms with van der Waals surface area (Å²) in [7, 11) is 0. The van der Waals surface area contributed by atoms with Crippen LogP contribution in [0.4, 0.5) is 0 Å². The molecule has 0 aromatic heterocycles. The van der Waals surface area contributed by atoms with Crippen LogP contribution in [0, 0.1) is 0 Å². The number of benzene rings is 1. The van der Waals surface area contributed by atoms with Crippen LogP contribution in [0.1, 0.15) is 44.6 Å². The quantitative estimate of drug-likeness (QED) is 0.717. The van der Waals surface area contributed by atoms with Crippen molar-refractivity contribution in [1.29, 1.82) is 0 Å². The molecule has 0 fully saturated rings. The molecule has 0 heterocycles. The lowest BCUT2D eigenvalue weighted by Gasteiger charge is -2.22. The second-order valence-corrected chi connectivity index (χ2v) is 6.21. The first-order valence-electron chi connectivity index (χ1n) is 7.57. The van der Waals surface area contributed by atoms with Crippen molar-refractivity contribution in [3.05, 3.63) is 45.5 Å². The molecule has 0 aliphatic heterocycles. The maximum absolute atomic E-state index is 6.31. The third-order valence-corrected chi connectivity index (χ3v) is 4.65. The minimum Gasteiger partial charge on any atom is -0.310 e. The third-order valence-electron chi connectivity index (χ3n) is 3.94. The van der Waals surface area contributed by atoms with E-state index in [0.29, 0.717) is 6.04 Å². The van der Waals surface area contributed by atoms with Gasteiger partial charge in [-0.1, -0.05) is 54.3 Å². The normalized spacial score (nSPS) is 17.4. The molecule has 1 aromatic carbocycles. The molecule has 3 heteroatoms. The van der Waals surface area contributed by atoms with E-state index >= 15 is 0 Å². The Hall–Kier alpha value is -0.500. The van der Waals surface area contributed by atoms with Crippen molar-refractivity contribution in [1.82, 2.24) is 5.32 Å². The van der Waals surface area contributed by atoms with Crippen molar-refractivity contribution < 1.29 is 0 Å². The average Bonchev–Trinajstić information content (AvgIpc) is 2.71. The first-order valence-corrected chi connectivity index (χ1v) is 8.33. The second-order valence-electron chi connectivity index (χ2n) is 5.39. The van der Waals surface area contributed by atoms with Gasteiger partial charge in [-0.3, -0.25) is 0 Å². The van der Waals surface area contributed by atoms with E-state index in [1.54, 1.807) is 0 Å². The number of hydrogen-bond donors (Lipinski definition) is 1. The lowest BCUT2D eigenvalue weighted by molar-refractivity contribution is 0.562. The van der Waals surface area contributed by atoms with E-state index < -0.39 is 0 Å². The maximum atomic E-state index is 6.31. The molecule has 0 saturated carbocycles. The van der Waals surface area contributed by atoms with Gasteiger partial charge in [0.2, 0.25) is 0 Å². The van der Waals surface area contributed by atoms with Gasteiger partial charge in [-0.05, 0) is 56.3 Å². The Balaban J connectivity index is 2.18. The highest BCUT2D eigenvalue weighted by Crippen LogP contribution is 2.28. The Morgan fingerprint density at radius 1 is 1.15 bits per heavy atom. The molecule has 1 nitrogen and oxygen atoms in total. The summed E-state index contributed by atoms with van der Waals surface area (Å²) < 4.78 is 0. The number of hydrogen-bond acceptors (Lipinski definition) is 1. The van der Waals surface area contributed by atoms with Crippen LogP contribution in [0.15, 0.2) is 29.8 Å². The number of nitrogens with one attached hydrogen (secondary N) is 1. The van der Waals surface area contributed by atoms with Crippen LogP contribution in [0.25, 0.3) is 0 Å². The fourth-order valence-electron chi connectivity index (χ4n) is 2.87. The van der Waals surface area contributed by atoms with Gasteiger partial charge in [0.1, 0.15) is 0 Å². The fraction of sp³-hybridized carbons (Fsp3) is 0.529. The summed E-state index contributed by atoms with van der Waals surface area (Å²) >= 11 is 12.6. The summed E-state index contributed by atoms with van der Waals surface area (Å²) in [4.78, 5) is 0. The van der Waals surface area contributed by atoms with Crippen LogP contribution >= 0.6 is 23.2 Å². The standard InChI is InChI=1S/C17H23Cl2N/c1-2-20-17(13-8-5-3-4-6-9-13)12-14-15(18)10-7-11-16(14)19/h7-8,10-11,17,20H,2-6,9,12H2,1H3. The first-order chi connectivity index (χ1) is 9.72. The molecule has 1 aliphatic carbocycles. The van der Waals surface area contributed by atoms with Gasteiger partial charge in [-0.15, -0.1) is 0 Å². The Morgan fingerprint density at radius 2 is 1.90 bits per heavy atom. The average molecular weight is 312 g/mol. The molecule has 2 rings (SSSR count). The van der Waals surface area contributed by atoms with Crippen LogP contribution in [0.3, 0.4) is 0 Å². The van der Waals surface area contributed by atoms with Crippen LogP contribution in [-0.4, -0.2) is 12.6 Å². The maximum Gasteiger partial charge on any atom is 0.0453 e. The Bertz CT molecular complexity index is 448. The van der Waals surface area contributed by atoms with Crippen LogP contribution in [-0.2, 0) is 6.42 Å². The zero-order chi connectivity index (χ0) is 14.4. The van der Waals surface area contributed by atoms with Crippen LogP contribution in [0.2, 0.25) is 10.0 Å². The fourth-order valence-corrected chi connectivity index (χ4v) is 3.42. The number of likely N-dealkylation sites (N-methyl/N-ethyl adjacent to an activating group) is 1. The molecule has 0 spiro atoms. The summed E-state index contributed by atoms with van der Waals surface area (Å²) in [6.07, 6.45) is 9.64. The molecule has 0 amide bonds. The summed E-state index contributed by atoms with van der Waals surface area (Å²) in [6.45, 7) is 3.11. The van der Waals surface area contributed by atoms with Gasteiger partial charge in [0.15, 0.2) is 0 Å². The minimum absolute atomic E-state index is 0.357. The number of rotatable bonds is 5. The summed E-state index contributed by atoms with van der Waals surface area (Å²) in [6, 6.07) is 6.11. The van der Waals surface area contributed by atoms with Crippen molar-refractivity contribution in [2.45, 2.75) is 51.5 Å². The first kappa shape index (κ1) is 15.9. The highest BCUT2D eigenvalue weighted by Gasteiger charge is 2.18. The molecule has 0 radical (unpaired) electrons. The predicted octanol–water partition coefficient (Wildman–Crippen LogP) is 5.40. The van der Waals surface area contributed by atoms with Gasteiger partial charge in [0.25, 0.3) is 0 Å². The molecule has 0 saturated heterocycles. The van der Waals surface area contributed by atoms with E-state index in [4.69, 9.17) is 23.2 Å². The highest BCUT2D eigenvalue weighted by molar-refractivity contribution is 6.36. The van der Waals surface area contributed by atoms with Gasteiger partial charge < -0.3 is 5.32 Å². The molecule has 1 N–H and O–H groups in total. The molecule has 1 atom stereocenters. The molecule has 110 valence electrons. The summed E-state index contributed by atoms with van der Waals surface area (Å²) in [5.74, 6) is 0. The molecule has 1 aromatic rings. The van der Waals surface area contributed by atoms with Crippen molar-refractivity contribution in [2.75, 3.05) is 6.54 Å². The van der Waals surface area contributed by atoms with Crippen molar-refractivity contribution >= 4 is 23.2 Å².